The molecule has 17 heavy (non-hydrogen) atoms. The molecule has 3 heterocycles. The summed E-state index contributed by atoms with van der Waals surface area (Å²) in [7, 11) is 0. The summed E-state index contributed by atoms with van der Waals surface area (Å²) in [4.78, 5) is 6.50. The van der Waals surface area contributed by atoms with Crippen molar-refractivity contribution in [2.45, 2.75) is 31.0 Å². The van der Waals surface area contributed by atoms with Crippen LogP contribution in [0.2, 0.25) is 0 Å². The number of imidazole rings is 1. The van der Waals surface area contributed by atoms with E-state index in [4.69, 9.17) is 0 Å². The Balaban J connectivity index is 1.66. The summed E-state index contributed by atoms with van der Waals surface area (Å²) in [6.45, 7) is 3.95. The Morgan fingerprint density at radius 3 is 2.76 bits per heavy atom. The minimum absolute atomic E-state index is 0.174. The normalized spacial score (nSPS) is 32.1. The number of hydrogen-bond donors (Lipinski definition) is 2. The third-order valence-electron chi connectivity index (χ3n) is 4.02. The predicted molar refractivity (Wildman–Crippen MR) is 64.7 cm³/mol. The second-order valence-corrected chi connectivity index (χ2v) is 5.08. The zero-order valence-electron chi connectivity index (χ0n) is 10.00. The molecule has 0 aliphatic carbocycles. The molecule has 2 fully saturated rings. The Kier molecular flexibility index (Phi) is 3.13. The topological polar surface area (TPSA) is 53.3 Å². The van der Waals surface area contributed by atoms with Crippen molar-refractivity contribution in [1.29, 1.82) is 0 Å². The molecule has 1 aromatic heterocycles. The summed E-state index contributed by atoms with van der Waals surface area (Å²) in [6.07, 6.45) is 7.66. The average Bonchev–Trinajstić information content (AvgIpc) is 2.99. The smallest absolute Gasteiger partial charge is 0.0949 e. The highest BCUT2D eigenvalue weighted by Crippen LogP contribution is 2.26. The second-order valence-electron chi connectivity index (χ2n) is 5.08. The van der Waals surface area contributed by atoms with Crippen LogP contribution in [0.4, 0.5) is 0 Å². The Hall–Kier alpha value is -0.910. The summed E-state index contributed by atoms with van der Waals surface area (Å²) in [5.74, 6) is 0. The van der Waals surface area contributed by atoms with Crippen molar-refractivity contribution in [3.63, 3.8) is 0 Å². The van der Waals surface area contributed by atoms with Crippen LogP contribution < -0.4 is 5.32 Å². The number of likely N-dealkylation sites (tertiary alicyclic amines) is 1. The number of nitrogens with one attached hydrogen (secondary N) is 1. The number of aromatic nitrogens is 2. The molecule has 2 aliphatic rings. The van der Waals surface area contributed by atoms with E-state index in [1.54, 1.807) is 12.5 Å². The summed E-state index contributed by atoms with van der Waals surface area (Å²) >= 11 is 0. The highest BCUT2D eigenvalue weighted by Gasteiger charge is 2.36. The van der Waals surface area contributed by atoms with E-state index in [0.29, 0.717) is 6.04 Å². The Morgan fingerprint density at radius 1 is 1.24 bits per heavy atom. The van der Waals surface area contributed by atoms with Crippen LogP contribution >= 0.6 is 0 Å². The van der Waals surface area contributed by atoms with Gasteiger partial charge in [-0.3, -0.25) is 4.90 Å². The molecule has 3 rings (SSSR count). The third-order valence-corrected chi connectivity index (χ3v) is 4.02. The molecule has 0 aromatic carbocycles. The standard InChI is InChI=1S/C12H20N4O/c17-12-8-16(10-1-3-13-4-2-10)7-11(12)15-6-5-14-9-15/h5-6,9-13,17H,1-4,7-8H2/t11-,12-/m0/s1. The minimum atomic E-state index is -0.265. The lowest BCUT2D eigenvalue weighted by Gasteiger charge is -2.31. The molecule has 0 radical (unpaired) electrons. The number of aliphatic hydroxyl groups excluding tert-OH is 1. The zero-order valence-corrected chi connectivity index (χ0v) is 10.00. The van der Waals surface area contributed by atoms with Crippen molar-refractivity contribution in [3.05, 3.63) is 18.7 Å². The van der Waals surface area contributed by atoms with E-state index in [-0.39, 0.29) is 12.1 Å². The highest BCUT2D eigenvalue weighted by molar-refractivity contribution is 4.94. The van der Waals surface area contributed by atoms with Crippen LogP contribution in [0.15, 0.2) is 18.7 Å². The van der Waals surface area contributed by atoms with Gasteiger partial charge in [-0.2, -0.15) is 0 Å². The van der Waals surface area contributed by atoms with Gasteiger partial charge in [-0.1, -0.05) is 0 Å². The zero-order chi connectivity index (χ0) is 11.7. The van der Waals surface area contributed by atoms with Crippen molar-refractivity contribution >= 4 is 0 Å². The van der Waals surface area contributed by atoms with Gasteiger partial charge in [-0.15, -0.1) is 0 Å². The predicted octanol–water partition coefficient (Wildman–Crippen LogP) is -0.147. The van der Waals surface area contributed by atoms with Gasteiger partial charge in [-0.05, 0) is 25.9 Å². The maximum absolute atomic E-state index is 10.2. The van der Waals surface area contributed by atoms with Crippen molar-refractivity contribution in [2.75, 3.05) is 26.2 Å². The number of aliphatic hydroxyl groups is 1. The number of nitrogens with zero attached hydrogens (tertiary/aromatic N) is 3. The van der Waals surface area contributed by atoms with Crippen LogP contribution in [-0.4, -0.2) is 57.9 Å². The molecule has 0 saturated carbocycles. The van der Waals surface area contributed by atoms with Crippen molar-refractivity contribution in [3.8, 4) is 0 Å². The Morgan fingerprint density at radius 2 is 2.06 bits per heavy atom. The molecular weight excluding hydrogens is 216 g/mol. The third kappa shape index (κ3) is 2.22. The van der Waals surface area contributed by atoms with Gasteiger partial charge in [-0.25, -0.2) is 4.98 Å². The largest absolute Gasteiger partial charge is 0.390 e. The molecule has 0 bridgehead atoms. The molecule has 0 unspecified atom stereocenters. The fourth-order valence-electron chi connectivity index (χ4n) is 3.03. The van der Waals surface area contributed by atoms with Crippen LogP contribution in [0, 0.1) is 0 Å². The maximum Gasteiger partial charge on any atom is 0.0949 e. The molecule has 2 N–H and O–H groups in total. The summed E-state index contributed by atoms with van der Waals surface area (Å²) < 4.78 is 2.03. The maximum atomic E-state index is 10.2. The summed E-state index contributed by atoms with van der Waals surface area (Å²) in [6, 6.07) is 0.812. The molecule has 2 atom stereocenters. The fraction of sp³-hybridized carbons (Fsp3) is 0.750. The first kappa shape index (κ1) is 11.2. The summed E-state index contributed by atoms with van der Waals surface area (Å²) in [5.41, 5.74) is 0. The van der Waals surface area contributed by atoms with E-state index in [1.807, 2.05) is 10.8 Å². The van der Waals surface area contributed by atoms with Crippen LogP contribution in [0.1, 0.15) is 18.9 Å². The second kappa shape index (κ2) is 4.76. The summed E-state index contributed by atoms with van der Waals surface area (Å²) in [5, 5.41) is 13.5. The van der Waals surface area contributed by atoms with Crippen LogP contribution in [0.25, 0.3) is 0 Å². The first-order valence-electron chi connectivity index (χ1n) is 6.45. The van der Waals surface area contributed by atoms with Gasteiger partial charge >= 0.3 is 0 Å². The van der Waals surface area contributed by atoms with Gasteiger partial charge in [0.1, 0.15) is 0 Å². The molecule has 2 saturated heterocycles. The van der Waals surface area contributed by atoms with Gasteiger partial charge in [0.05, 0.1) is 18.5 Å². The van der Waals surface area contributed by atoms with Gasteiger partial charge in [0.15, 0.2) is 0 Å². The Bertz CT molecular complexity index is 347. The fourth-order valence-corrected chi connectivity index (χ4v) is 3.03. The lowest BCUT2D eigenvalue weighted by Crippen LogP contribution is -2.42. The van der Waals surface area contributed by atoms with Crippen LogP contribution in [0.3, 0.4) is 0 Å². The molecule has 5 nitrogen and oxygen atoms in total. The quantitative estimate of drug-likeness (QED) is 0.750. The van der Waals surface area contributed by atoms with Gasteiger partial charge in [0.2, 0.25) is 0 Å². The van der Waals surface area contributed by atoms with E-state index in [0.717, 1.165) is 26.2 Å². The van der Waals surface area contributed by atoms with Crippen LogP contribution in [-0.2, 0) is 0 Å². The molecule has 2 aliphatic heterocycles. The molecule has 0 spiro atoms. The molecule has 1 aromatic rings. The molecule has 94 valence electrons. The van der Waals surface area contributed by atoms with E-state index in [9.17, 15) is 5.11 Å². The highest BCUT2D eigenvalue weighted by atomic mass is 16.3. The first-order valence-corrected chi connectivity index (χ1v) is 6.45. The van der Waals surface area contributed by atoms with E-state index in [1.165, 1.54) is 12.8 Å². The minimum Gasteiger partial charge on any atom is -0.390 e. The van der Waals surface area contributed by atoms with E-state index < -0.39 is 0 Å². The van der Waals surface area contributed by atoms with E-state index >= 15 is 0 Å². The SMILES string of the molecule is O[C@H]1CN(C2CCNCC2)C[C@@H]1n1ccnc1. The van der Waals surface area contributed by atoms with Crippen molar-refractivity contribution < 1.29 is 5.11 Å². The molecule has 0 amide bonds. The first-order chi connectivity index (χ1) is 8.34. The molecule has 5 heteroatoms. The van der Waals surface area contributed by atoms with Gasteiger partial charge in [0.25, 0.3) is 0 Å². The molecular formula is C12H20N4O. The van der Waals surface area contributed by atoms with Crippen molar-refractivity contribution in [2.24, 2.45) is 0 Å². The number of hydrogen-bond acceptors (Lipinski definition) is 4. The lowest BCUT2D eigenvalue weighted by molar-refractivity contribution is 0.132. The number of rotatable bonds is 2. The monoisotopic (exact) mass is 236 g/mol. The van der Waals surface area contributed by atoms with E-state index in [2.05, 4.69) is 15.2 Å². The van der Waals surface area contributed by atoms with Gasteiger partial charge < -0.3 is 15.0 Å². The lowest BCUT2D eigenvalue weighted by atomic mass is 10.1. The number of piperidine rings is 1. The van der Waals surface area contributed by atoms with Crippen molar-refractivity contribution in [1.82, 2.24) is 19.8 Å². The van der Waals surface area contributed by atoms with Crippen LogP contribution in [0.5, 0.6) is 0 Å². The Labute approximate surface area is 101 Å². The average molecular weight is 236 g/mol. The van der Waals surface area contributed by atoms with Gasteiger partial charge in [0, 0.05) is 31.5 Å². The number of β-amino-alcohol motifs (C(OH)–C–C–N with tert-alkyl or cyclic N) is 1.